The van der Waals surface area contributed by atoms with Crippen molar-refractivity contribution in [1.82, 2.24) is 19.9 Å². The van der Waals surface area contributed by atoms with Gasteiger partial charge in [-0.1, -0.05) is 0 Å². The van der Waals surface area contributed by atoms with Crippen LogP contribution < -0.4 is 11.5 Å². The minimum absolute atomic E-state index is 0.0253. The second kappa shape index (κ2) is 3.02. The molecule has 0 aliphatic heterocycles. The fourth-order valence-electron chi connectivity index (χ4n) is 1.05. The number of alkyl halides is 1. The second-order valence-corrected chi connectivity index (χ2v) is 2.63. The van der Waals surface area contributed by atoms with E-state index in [4.69, 9.17) is 11.5 Å². The largest absolute Gasteiger partial charge is 0.382 e. The van der Waals surface area contributed by atoms with Gasteiger partial charge >= 0.3 is 0 Å². The molecule has 0 bridgehead atoms. The monoisotopic (exact) mass is 194 g/mol. The average molecular weight is 194 g/mol. The van der Waals surface area contributed by atoms with E-state index in [0.717, 1.165) is 0 Å². The van der Waals surface area contributed by atoms with Crippen molar-refractivity contribution < 1.29 is 4.39 Å². The number of rotatable bonds is 1. The van der Waals surface area contributed by atoms with Crippen molar-refractivity contribution >= 4 is 22.9 Å². The van der Waals surface area contributed by atoms with E-state index in [9.17, 15) is 4.39 Å². The number of hydrogen-bond donors (Lipinski definition) is 2. The summed E-state index contributed by atoms with van der Waals surface area (Å²) < 4.78 is 12.3. The third-order valence-electron chi connectivity index (χ3n) is 1.64. The van der Waals surface area contributed by atoms with Crippen molar-refractivity contribution in [1.29, 1.82) is 0 Å². The lowest BCUT2D eigenvalue weighted by Gasteiger charge is -2.01. The molecule has 14 heavy (non-hydrogen) atoms. The van der Waals surface area contributed by atoms with Gasteiger partial charge in [-0.15, -0.1) is 0 Å². The maximum absolute atomic E-state index is 12.3. The standard InChI is InChI=1S/C7H7FN6/c8-1-3-2-11-6-4(12-3)5(9)13-7(10)14-6/h2H,1H2,(H4,9,10,11,13,14). The fourth-order valence-corrected chi connectivity index (χ4v) is 1.05. The van der Waals surface area contributed by atoms with Gasteiger partial charge in [-0.2, -0.15) is 9.97 Å². The molecule has 0 amide bonds. The summed E-state index contributed by atoms with van der Waals surface area (Å²) in [4.78, 5) is 15.3. The van der Waals surface area contributed by atoms with Crippen LogP contribution in [0, 0.1) is 0 Å². The number of hydrogen-bond acceptors (Lipinski definition) is 6. The highest BCUT2D eigenvalue weighted by molar-refractivity contribution is 5.81. The first-order valence-corrected chi connectivity index (χ1v) is 3.81. The molecule has 0 saturated heterocycles. The normalized spacial score (nSPS) is 10.6. The Morgan fingerprint density at radius 1 is 1.21 bits per heavy atom. The lowest BCUT2D eigenvalue weighted by molar-refractivity contribution is 0.476. The molecule has 0 fully saturated rings. The number of nitrogens with two attached hydrogens (primary N) is 2. The predicted octanol–water partition coefficient (Wildman–Crippen LogP) is 0.0537. The molecule has 7 heteroatoms. The Hall–Kier alpha value is -2.05. The highest BCUT2D eigenvalue weighted by atomic mass is 19.1. The van der Waals surface area contributed by atoms with E-state index < -0.39 is 6.67 Å². The molecule has 0 radical (unpaired) electrons. The fraction of sp³-hybridized carbons (Fsp3) is 0.143. The summed E-state index contributed by atoms with van der Waals surface area (Å²) in [6.45, 7) is -0.702. The number of aromatic nitrogens is 4. The number of halogens is 1. The highest BCUT2D eigenvalue weighted by Gasteiger charge is 2.06. The van der Waals surface area contributed by atoms with Gasteiger partial charge in [-0.25, -0.2) is 14.4 Å². The van der Waals surface area contributed by atoms with Crippen molar-refractivity contribution in [3.63, 3.8) is 0 Å². The zero-order valence-corrected chi connectivity index (χ0v) is 7.11. The Morgan fingerprint density at radius 2 is 2.00 bits per heavy atom. The summed E-state index contributed by atoms with van der Waals surface area (Å²) in [6.07, 6.45) is 1.29. The lowest BCUT2D eigenvalue weighted by atomic mass is 10.4. The quantitative estimate of drug-likeness (QED) is 0.664. The number of fused-ring (bicyclic) bond motifs is 1. The molecule has 0 atom stereocenters. The highest BCUT2D eigenvalue weighted by Crippen LogP contribution is 2.14. The van der Waals surface area contributed by atoms with Crippen molar-refractivity contribution in [2.45, 2.75) is 6.67 Å². The Labute approximate surface area is 78.2 Å². The molecule has 6 nitrogen and oxygen atoms in total. The van der Waals surface area contributed by atoms with Crippen LogP contribution >= 0.6 is 0 Å². The molecular formula is C7H7FN6. The summed E-state index contributed by atoms with van der Waals surface area (Å²) in [6, 6.07) is 0. The van der Waals surface area contributed by atoms with Gasteiger partial charge in [0, 0.05) is 0 Å². The van der Waals surface area contributed by atoms with Crippen molar-refractivity contribution in [2.75, 3.05) is 11.5 Å². The van der Waals surface area contributed by atoms with Crippen LogP contribution in [0.1, 0.15) is 5.69 Å². The van der Waals surface area contributed by atoms with Crippen LogP contribution in [0.5, 0.6) is 0 Å². The van der Waals surface area contributed by atoms with Gasteiger partial charge < -0.3 is 11.5 Å². The van der Waals surface area contributed by atoms with Crippen LogP contribution in [-0.2, 0) is 6.67 Å². The minimum Gasteiger partial charge on any atom is -0.382 e. The van der Waals surface area contributed by atoms with Crippen molar-refractivity contribution in [2.24, 2.45) is 0 Å². The number of nitrogens with zero attached hydrogens (tertiary/aromatic N) is 4. The van der Waals surface area contributed by atoms with Gasteiger partial charge in [0.15, 0.2) is 17.0 Å². The number of anilines is 2. The van der Waals surface area contributed by atoms with Crippen LogP contribution in [0.15, 0.2) is 6.20 Å². The van der Waals surface area contributed by atoms with Crippen LogP contribution in [0.2, 0.25) is 0 Å². The summed E-state index contributed by atoms with van der Waals surface area (Å²) in [7, 11) is 0. The minimum atomic E-state index is -0.702. The maximum atomic E-state index is 12.3. The van der Waals surface area contributed by atoms with Gasteiger partial charge in [0.25, 0.3) is 0 Å². The lowest BCUT2D eigenvalue weighted by Crippen LogP contribution is -2.03. The Morgan fingerprint density at radius 3 is 2.71 bits per heavy atom. The van der Waals surface area contributed by atoms with Gasteiger partial charge in [0.1, 0.15) is 6.67 Å². The summed E-state index contributed by atoms with van der Waals surface area (Å²) in [5.74, 6) is 0.132. The number of nitrogen functional groups attached to an aromatic ring is 2. The Balaban J connectivity index is 2.75. The predicted molar refractivity (Wildman–Crippen MR) is 48.8 cm³/mol. The average Bonchev–Trinajstić information content (AvgIpc) is 2.17. The SMILES string of the molecule is Nc1nc(N)c2nc(CF)cnc2n1. The van der Waals surface area contributed by atoms with E-state index in [1.807, 2.05) is 0 Å². The van der Waals surface area contributed by atoms with Crippen LogP contribution in [0.4, 0.5) is 16.2 Å². The smallest absolute Gasteiger partial charge is 0.224 e. The molecule has 72 valence electrons. The van der Waals surface area contributed by atoms with Gasteiger partial charge in [0.05, 0.1) is 11.9 Å². The summed E-state index contributed by atoms with van der Waals surface area (Å²) >= 11 is 0. The second-order valence-electron chi connectivity index (χ2n) is 2.63. The van der Waals surface area contributed by atoms with Gasteiger partial charge in [-0.05, 0) is 0 Å². The Bertz CT molecular complexity index is 485. The maximum Gasteiger partial charge on any atom is 0.224 e. The molecule has 0 saturated carbocycles. The van der Waals surface area contributed by atoms with E-state index in [0.29, 0.717) is 0 Å². The van der Waals surface area contributed by atoms with E-state index in [1.54, 1.807) is 0 Å². The molecular weight excluding hydrogens is 187 g/mol. The zero-order valence-electron chi connectivity index (χ0n) is 7.11. The van der Waals surface area contributed by atoms with Gasteiger partial charge in [0.2, 0.25) is 5.95 Å². The molecule has 2 aromatic heterocycles. The topological polar surface area (TPSA) is 104 Å². The van der Waals surface area contributed by atoms with Crippen LogP contribution in [0.3, 0.4) is 0 Å². The van der Waals surface area contributed by atoms with E-state index in [1.165, 1.54) is 6.20 Å². The van der Waals surface area contributed by atoms with Crippen LogP contribution in [0.25, 0.3) is 11.2 Å². The Kier molecular flexibility index (Phi) is 1.84. The zero-order chi connectivity index (χ0) is 10.1. The molecule has 0 aliphatic carbocycles. The first-order valence-electron chi connectivity index (χ1n) is 3.81. The van der Waals surface area contributed by atoms with Crippen molar-refractivity contribution in [3.8, 4) is 0 Å². The molecule has 2 heterocycles. The first kappa shape index (κ1) is 8.54. The van der Waals surface area contributed by atoms with Crippen LogP contribution in [-0.4, -0.2) is 19.9 Å². The molecule has 2 aromatic rings. The van der Waals surface area contributed by atoms with Gasteiger partial charge in [-0.3, -0.25) is 0 Å². The van der Waals surface area contributed by atoms with E-state index in [2.05, 4.69) is 19.9 Å². The molecule has 0 aliphatic rings. The molecule has 0 spiro atoms. The molecule has 4 N–H and O–H groups in total. The summed E-state index contributed by atoms with van der Waals surface area (Å²) in [5.41, 5.74) is 11.6. The third-order valence-corrected chi connectivity index (χ3v) is 1.64. The van der Waals surface area contributed by atoms with E-state index in [-0.39, 0.29) is 28.6 Å². The molecule has 0 unspecified atom stereocenters. The van der Waals surface area contributed by atoms with E-state index >= 15 is 0 Å². The first-order chi connectivity index (χ1) is 6.70. The summed E-state index contributed by atoms with van der Waals surface area (Å²) in [5, 5.41) is 0. The molecule has 2 rings (SSSR count). The molecule has 0 aromatic carbocycles. The third kappa shape index (κ3) is 1.28. The van der Waals surface area contributed by atoms with Crippen molar-refractivity contribution in [3.05, 3.63) is 11.9 Å².